The minimum Gasteiger partial charge on any atom is -0.509 e. The van der Waals surface area contributed by atoms with E-state index in [9.17, 15) is 5.11 Å². The van der Waals surface area contributed by atoms with Crippen LogP contribution in [-0.2, 0) is 0 Å². The third kappa shape index (κ3) is 2.39. The number of hydrogen-bond acceptors (Lipinski definition) is 3. The minimum atomic E-state index is 0.149. The topological polar surface area (TPSA) is 76.0 Å². The van der Waals surface area contributed by atoms with E-state index in [4.69, 9.17) is 5.41 Å². The number of hydrogen-bond donors (Lipinski definition) is 3. The number of aromatic nitrogens is 2. The van der Waals surface area contributed by atoms with E-state index < -0.39 is 0 Å². The molecule has 0 unspecified atom stereocenters. The number of halogens is 1. The molecule has 1 aliphatic rings. The van der Waals surface area contributed by atoms with Crippen molar-refractivity contribution in [2.45, 2.75) is 6.92 Å². The third-order valence-corrected chi connectivity index (χ3v) is 4.59. The molecule has 120 valence electrons. The van der Waals surface area contributed by atoms with Crippen molar-refractivity contribution in [1.82, 2.24) is 9.97 Å². The number of aromatic amines is 1. The van der Waals surface area contributed by atoms with Gasteiger partial charge in [-0.15, -0.1) is 0 Å². The fourth-order valence-electron chi connectivity index (χ4n) is 2.93. The van der Waals surface area contributed by atoms with E-state index in [-0.39, 0.29) is 18.1 Å². The number of anilines is 1. The van der Waals surface area contributed by atoms with Crippen LogP contribution in [0.4, 0.5) is 5.69 Å². The molecule has 4 rings (SSSR count). The minimum absolute atomic E-state index is 0.149. The number of nitrogens with one attached hydrogen (secondary N) is 2. The summed E-state index contributed by atoms with van der Waals surface area (Å²) in [4.78, 5) is 9.51. The second-order valence-electron chi connectivity index (χ2n) is 5.84. The lowest BCUT2D eigenvalue weighted by Crippen LogP contribution is -2.26. The molecule has 0 amide bonds. The van der Waals surface area contributed by atoms with E-state index in [0.29, 0.717) is 11.4 Å². The molecule has 0 aliphatic carbocycles. The van der Waals surface area contributed by atoms with Crippen molar-refractivity contribution >= 4 is 44.1 Å². The standard InChI is InChI=1S/C18H15BrN4O/c1-10-5-6-13-14(7-10)22-18(21-13)16-15(24)9-23(17(16)20)12-4-2-3-11(19)8-12/h2-8,20,24H,9H2,1H3,(H,21,22). The Morgan fingerprint density at radius 2 is 2.08 bits per heavy atom. The highest BCUT2D eigenvalue weighted by molar-refractivity contribution is 9.10. The maximum absolute atomic E-state index is 10.4. The van der Waals surface area contributed by atoms with Gasteiger partial charge < -0.3 is 15.0 Å². The average molecular weight is 383 g/mol. The number of fused-ring (bicyclic) bond motifs is 1. The number of aryl methyl sites for hydroxylation is 1. The number of aliphatic hydroxyl groups is 1. The second kappa shape index (κ2) is 5.49. The third-order valence-electron chi connectivity index (χ3n) is 4.10. The van der Waals surface area contributed by atoms with Gasteiger partial charge in [0.2, 0.25) is 0 Å². The zero-order chi connectivity index (χ0) is 16.8. The number of imidazole rings is 1. The van der Waals surface area contributed by atoms with E-state index in [1.165, 1.54) is 0 Å². The van der Waals surface area contributed by atoms with Gasteiger partial charge in [0.25, 0.3) is 0 Å². The predicted octanol–water partition coefficient (Wildman–Crippen LogP) is 4.40. The van der Waals surface area contributed by atoms with E-state index >= 15 is 0 Å². The maximum atomic E-state index is 10.4. The molecule has 0 bridgehead atoms. The number of amidine groups is 1. The molecule has 3 aromatic rings. The lowest BCUT2D eigenvalue weighted by atomic mass is 10.2. The van der Waals surface area contributed by atoms with Crippen molar-refractivity contribution in [3.63, 3.8) is 0 Å². The quantitative estimate of drug-likeness (QED) is 0.614. The van der Waals surface area contributed by atoms with Crippen LogP contribution in [0.5, 0.6) is 0 Å². The number of benzene rings is 2. The van der Waals surface area contributed by atoms with Crippen LogP contribution >= 0.6 is 15.9 Å². The Balaban J connectivity index is 1.74. The van der Waals surface area contributed by atoms with Crippen molar-refractivity contribution in [1.29, 1.82) is 5.41 Å². The zero-order valence-electron chi connectivity index (χ0n) is 13.0. The van der Waals surface area contributed by atoms with Gasteiger partial charge in [-0.05, 0) is 42.8 Å². The van der Waals surface area contributed by atoms with Crippen LogP contribution in [-0.4, -0.2) is 27.5 Å². The Morgan fingerprint density at radius 3 is 2.88 bits per heavy atom. The molecule has 1 aliphatic heterocycles. The number of aliphatic hydroxyl groups excluding tert-OH is 1. The summed E-state index contributed by atoms with van der Waals surface area (Å²) < 4.78 is 0.931. The Labute approximate surface area is 147 Å². The summed E-state index contributed by atoms with van der Waals surface area (Å²) in [7, 11) is 0. The fraction of sp³-hybridized carbons (Fsp3) is 0.111. The van der Waals surface area contributed by atoms with Crippen molar-refractivity contribution in [2.75, 3.05) is 11.4 Å². The first kappa shape index (κ1) is 15.0. The zero-order valence-corrected chi connectivity index (χ0v) is 14.6. The average Bonchev–Trinajstić information content (AvgIpc) is 3.07. The Morgan fingerprint density at radius 1 is 1.25 bits per heavy atom. The first-order chi connectivity index (χ1) is 11.5. The molecular weight excluding hydrogens is 368 g/mol. The van der Waals surface area contributed by atoms with Crippen molar-refractivity contribution in [3.05, 3.63) is 64.1 Å². The Bertz CT molecular complexity index is 1010. The van der Waals surface area contributed by atoms with Gasteiger partial charge in [-0.25, -0.2) is 4.98 Å². The molecule has 24 heavy (non-hydrogen) atoms. The molecule has 0 saturated carbocycles. The van der Waals surface area contributed by atoms with E-state index in [1.54, 1.807) is 4.90 Å². The molecule has 2 aromatic carbocycles. The van der Waals surface area contributed by atoms with Crippen LogP contribution < -0.4 is 4.90 Å². The molecule has 0 spiro atoms. The molecule has 6 heteroatoms. The summed E-state index contributed by atoms with van der Waals surface area (Å²) in [5.74, 6) is 0.910. The van der Waals surface area contributed by atoms with Crippen LogP contribution in [0.2, 0.25) is 0 Å². The van der Waals surface area contributed by atoms with Crippen LogP contribution in [0.3, 0.4) is 0 Å². The van der Waals surface area contributed by atoms with Gasteiger partial charge in [-0.2, -0.15) is 0 Å². The van der Waals surface area contributed by atoms with Gasteiger partial charge in [-0.3, -0.25) is 5.41 Å². The Kier molecular flexibility index (Phi) is 3.42. The molecule has 0 radical (unpaired) electrons. The first-order valence-electron chi connectivity index (χ1n) is 7.54. The molecule has 5 nitrogen and oxygen atoms in total. The first-order valence-corrected chi connectivity index (χ1v) is 8.33. The highest BCUT2D eigenvalue weighted by atomic mass is 79.9. The Hall–Kier alpha value is -2.60. The second-order valence-corrected chi connectivity index (χ2v) is 6.76. The van der Waals surface area contributed by atoms with Gasteiger partial charge in [-0.1, -0.05) is 28.1 Å². The van der Waals surface area contributed by atoms with Crippen LogP contribution in [0, 0.1) is 12.3 Å². The number of nitrogens with zero attached hydrogens (tertiary/aromatic N) is 2. The van der Waals surface area contributed by atoms with Crippen LogP contribution in [0.15, 0.2) is 52.7 Å². The predicted molar refractivity (Wildman–Crippen MR) is 99.6 cm³/mol. The molecule has 2 heterocycles. The summed E-state index contributed by atoms with van der Waals surface area (Å²) in [6, 6.07) is 13.6. The highest BCUT2D eigenvalue weighted by Gasteiger charge is 2.31. The lowest BCUT2D eigenvalue weighted by Gasteiger charge is -2.18. The van der Waals surface area contributed by atoms with Crippen molar-refractivity contribution in [2.24, 2.45) is 0 Å². The molecular formula is C18H15BrN4O. The summed E-state index contributed by atoms with van der Waals surface area (Å²) in [6.45, 7) is 2.28. The monoisotopic (exact) mass is 382 g/mol. The maximum Gasteiger partial charge on any atom is 0.145 e. The van der Waals surface area contributed by atoms with Gasteiger partial charge in [0.15, 0.2) is 0 Å². The van der Waals surface area contributed by atoms with Gasteiger partial charge in [0, 0.05) is 10.2 Å². The summed E-state index contributed by atoms with van der Waals surface area (Å²) in [5.41, 5.74) is 4.16. The summed E-state index contributed by atoms with van der Waals surface area (Å²) in [6.07, 6.45) is 0. The lowest BCUT2D eigenvalue weighted by molar-refractivity contribution is 0.411. The molecule has 0 atom stereocenters. The van der Waals surface area contributed by atoms with Gasteiger partial charge >= 0.3 is 0 Å². The largest absolute Gasteiger partial charge is 0.509 e. The van der Waals surface area contributed by atoms with Crippen LogP contribution in [0.25, 0.3) is 16.6 Å². The molecule has 0 saturated heterocycles. The highest BCUT2D eigenvalue weighted by Crippen LogP contribution is 2.31. The van der Waals surface area contributed by atoms with E-state index in [2.05, 4.69) is 25.9 Å². The number of rotatable bonds is 2. The molecule has 1 aromatic heterocycles. The van der Waals surface area contributed by atoms with Crippen molar-refractivity contribution in [3.8, 4) is 0 Å². The van der Waals surface area contributed by atoms with E-state index in [1.807, 2.05) is 49.4 Å². The smallest absolute Gasteiger partial charge is 0.145 e. The van der Waals surface area contributed by atoms with Gasteiger partial charge in [0.05, 0.1) is 23.2 Å². The summed E-state index contributed by atoms with van der Waals surface area (Å²) >= 11 is 3.44. The molecule has 3 N–H and O–H groups in total. The SMILES string of the molecule is Cc1ccc2nc(C3=C(O)CN(c4cccc(Br)c4)C3=N)[nH]c2c1. The van der Waals surface area contributed by atoms with Crippen LogP contribution in [0.1, 0.15) is 11.4 Å². The van der Waals surface area contributed by atoms with Gasteiger partial charge in [0.1, 0.15) is 17.4 Å². The summed E-state index contributed by atoms with van der Waals surface area (Å²) in [5, 5.41) is 18.9. The normalized spacial score (nSPS) is 14.9. The number of H-pyrrole nitrogens is 1. The fourth-order valence-corrected chi connectivity index (χ4v) is 3.32. The van der Waals surface area contributed by atoms with Crippen molar-refractivity contribution < 1.29 is 5.11 Å². The van der Waals surface area contributed by atoms with E-state index in [0.717, 1.165) is 26.8 Å². The molecule has 0 fully saturated rings.